The number of benzene rings is 10. The number of nitrogens with one attached hydrogen (secondary N) is 2. The Bertz CT molecular complexity index is 3000. The van der Waals surface area contributed by atoms with E-state index in [4.69, 9.17) is 0 Å². The average Bonchev–Trinajstić information content (AvgIpc) is 3.40. The quantitative estimate of drug-likeness (QED) is 0.113. The molecule has 0 spiro atoms. The Balaban J connectivity index is 1.09. The molecule has 0 saturated heterocycles. The van der Waals surface area contributed by atoms with Crippen LogP contribution in [0.2, 0.25) is 0 Å². The maximum absolute atomic E-state index is 3.70. The van der Waals surface area contributed by atoms with Gasteiger partial charge in [-0.1, -0.05) is 217 Å². The van der Waals surface area contributed by atoms with Gasteiger partial charge in [0.1, 0.15) is 0 Å². The zero-order chi connectivity index (χ0) is 46.1. The fourth-order valence-corrected chi connectivity index (χ4v) is 8.79. The second kappa shape index (κ2) is 20.2. The van der Waals surface area contributed by atoms with Crippen LogP contribution in [0.25, 0.3) is 56.7 Å². The summed E-state index contributed by atoms with van der Waals surface area (Å²) in [5, 5.41) is 7.40. The smallest absolute Gasteiger partial charge is 0.0390 e. The van der Waals surface area contributed by atoms with Gasteiger partial charge in [0.25, 0.3) is 0 Å². The molecule has 0 aliphatic carbocycles. The molecule has 2 N–H and O–H groups in total. The molecule has 68 heavy (non-hydrogen) atoms. The van der Waals surface area contributed by atoms with Gasteiger partial charge in [-0.25, -0.2) is 0 Å². The van der Waals surface area contributed by atoms with Gasteiger partial charge in [-0.15, -0.1) is 0 Å². The van der Waals surface area contributed by atoms with Crippen LogP contribution in [0.4, 0.5) is 22.7 Å². The monoisotopic (exact) mass is 872 g/mol. The van der Waals surface area contributed by atoms with E-state index in [1.165, 1.54) is 44.5 Å². The first kappa shape index (κ1) is 43.2. The van der Waals surface area contributed by atoms with Gasteiger partial charge < -0.3 is 10.6 Å². The highest BCUT2D eigenvalue weighted by Gasteiger charge is 2.16. The highest BCUT2D eigenvalue weighted by Crippen LogP contribution is 2.42. The minimum atomic E-state index is 1.02. The summed E-state index contributed by atoms with van der Waals surface area (Å²) < 4.78 is 0. The third-order valence-corrected chi connectivity index (χ3v) is 12.4. The molecule has 0 saturated carbocycles. The lowest BCUT2D eigenvalue weighted by atomic mass is 9.88. The zero-order valence-corrected chi connectivity index (χ0v) is 38.4. The van der Waals surface area contributed by atoms with Crippen molar-refractivity contribution in [1.29, 1.82) is 0 Å². The molecule has 0 radical (unpaired) electrons. The Labute approximate surface area is 401 Å². The largest absolute Gasteiger partial charge is 0.356 e. The minimum absolute atomic E-state index is 1.02. The first-order valence-corrected chi connectivity index (χ1v) is 23.3. The van der Waals surface area contributed by atoms with Gasteiger partial charge in [0.2, 0.25) is 0 Å². The normalized spacial score (nSPS) is 10.8. The van der Waals surface area contributed by atoms with Crippen LogP contribution < -0.4 is 10.6 Å². The molecule has 0 aliphatic rings. The Morgan fingerprint density at radius 3 is 0.882 bits per heavy atom. The van der Waals surface area contributed by atoms with Crippen molar-refractivity contribution in [1.82, 2.24) is 0 Å². The number of hydrogen-bond donors (Lipinski definition) is 2. The van der Waals surface area contributed by atoms with Crippen molar-refractivity contribution in [2.24, 2.45) is 0 Å². The number of rotatable bonds is 13. The molecule has 326 valence electrons. The van der Waals surface area contributed by atoms with Crippen LogP contribution >= 0.6 is 0 Å². The SMILES string of the molecule is Cc1ccc(Nc2ccc(-c3ccc(Nc4ccc(C)cc4)cc3-c3ccc(C=C(c4ccccc4)c4ccccc4)cc3)c(-c3ccc(C=C(c4ccccc4)c4ccccc4)cc3)c2)cc1. The van der Waals surface area contributed by atoms with E-state index < -0.39 is 0 Å². The van der Waals surface area contributed by atoms with Crippen LogP contribution in [-0.2, 0) is 0 Å². The summed E-state index contributed by atoms with van der Waals surface area (Å²) in [5.41, 5.74) is 22.8. The lowest BCUT2D eigenvalue weighted by Gasteiger charge is -2.19. The molecular formula is C66H52N2. The molecule has 0 heterocycles. The van der Waals surface area contributed by atoms with E-state index in [1.54, 1.807) is 0 Å². The third kappa shape index (κ3) is 10.2. The fraction of sp³-hybridized carbons (Fsp3) is 0.0303. The number of hydrogen-bond acceptors (Lipinski definition) is 2. The minimum Gasteiger partial charge on any atom is -0.356 e. The standard InChI is InChI=1S/C66H52N2/c1-47-23-35-57(36-24-47)67-59-39-41-61(65(45-59)55-31-27-49(28-32-55)43-63(51-15-7-3-8-16-51)52-17-9-4-10-18-52)62-42-40-60(68-58-37-25-48(2)26-38-58)46-66(62)56-33-29-50(30-34-56)44-64(53-19-11-5-12-20-53)54-21-13-6-14-22-54/h3-46,67-68H,1-2H3. The molecule has 2 heteroatoms. The predicted molar refractivity (Wildman–Crippen MR) is 291 cm³/mol. The van der Waals surface area contributed by atoms with Gasteiger partial charge in [-0.2, -0.15) is 0 Å². The van der Waals surface area contributed by atoms with Gasteiger partial charge in [-0.3, -0.25) is 0 Å². The maximum atomic E-state index is 3.70. The highest BCUT2D eigenvalue weighted by molar-refractivity contribution is 5.97. The van der Waals surface area contributed by atoms with E-state index in [9.17, 15) is 0 Å². The molecule has 0 unspecified atom stereocenters. The molecule has 0 aliphatic heterocycles. The van der Waals surface area contributed by atoms with Crippen molar-refractivity contribution in [2.75, 3.05) is 10.6 Å². The van der Waals surface area contributed by atoms with E-state index in [2.05, 4.69) is 291 Å². The van der Waals surface area contributed by atoms with Crippen molar-refractivity contribution >= 4 is 46.0 Å². The molecule has 2 nitrogen and oxygen atoms in total. The van der Waals surface area contributed by atoms with Crippen molar-refractivity contribution in [2.45, 2.75) is 13.8 Å². The van der Waals surface area contributed by atoms with Gasteiger partial charge >= 0.3 is 0 Å². The van der Waals surface area contributed by atoms with Crippen LogP contribution in [0.5, 0.6) is 0 Å². The second-order valence-electron chi connectivity index (χ2n) is 17.3. The Morgan fingerprint density at radius 2 is 0.574 bits per heavy atom. The summed E-state index contributed by atoms with van der Waals surface area (Å²) in [6.07, 6.45) is 4.59. The molecule has 0 fully saturated rings. The second-order valence-corrected chi connectivity index (χ2v) is 17.3. The molecule has 0 aromatic heterocycles. The predicted octanol–water partition coefficient (Wildman–Crippen LogP) is 18.0. The van der Waals surface area contributed by atoms with Gasteiger partial charge in [0.15, 0.2) is 0 Å². The number of aryl methyl sites for hydroxylation is 2. The summed E-state index contributed by atoms with van der Waals surface area (Å²) in [6, 6.07) is 91.3. The van der Waals surface area contributed by atoms with E-state index >= 15 is 0 Å². The van der Waals surface area contributed by atoms with Crippen molar-refractivity contribution < 1.29 is 0 Å². The maximum Gasteiger partial charge on any atom is 0.0390 e. The average molecular weight is 873 g/mol. The first-order valence-electron chi connectivity index (χ1n) is 23.3. The van der Waals surface area contributed by atoms with Crippen LogP contribution in [0.3, 0.4) is 0 Å². The van der Waals surface area contributed by atoms with Crippen molar-refractivity contribution in [3.8, 4) is 33.4 Å². The molecule has 10 rings (SSSR count). The van der Waals surface area contributed by atoms with Gasteiger partial charge in [-0.05, 0) is 152 Å². The first-order chi connectivity index (χ1) is 33.5. The van der Waals surface area contributed by atoms with Crippen LogP contribution in [0, 0.1) is 13.8 Å². The number of anilines is 4. The topological polar surface area (TPSA) is 24.1 Å². The Morgan fingerprint density at radius 1 is 0.279 bits per heavy atom. The molecule has 0 amide bonds. The lowest BCUT2D eigenvalue weighted by molar-refractivity contribution is 1.45. The summed E-state index contributed by atoms with van der Waals surface area (Å²) >= 11 is 0. The Kier molecular flexibility index (Phi) is 12.8. The fourth-order valence-electron chi connectivity index (χ4n) is 8.79. The molecule has 10 aromatic rings. The summed E-state index contributed by atoms with van der Waals surface area (Å²) in [5.74, 6) is 0. The van der Waals surface area contributed by atoms with E-state index in [1.807, 2.05) is 0 Å². The highest BCUT2D eigenvalue weighted by atomic mass is 14.9. The van der Waals surface area contributed by atoms with Crippen molar-refractivity contribution in [3.05, 3.63) is 299 Å². The summed E-state index contributed by atoms with van der Waals surface area (Å²) in [4.78, 5) is 0. The summed E-state index contributed by atoms with van der Waals surface area (Å²) in [7, 11) is 0. The van der Waals surface area contributed by atoms with Gasteiger partial charge in [0.05, 0.1) is 0 Å². The van der Waals surface area contributed by atoms with E-state index in [0.29, 0.717) is 0 Å². The molecule has 10 aromatic carbocycles. The molecule has 0 atom stereocenters. The van der Waals surface area contributed by atoms with Crippen molar-refractivity contribution in [3.63, 3.8) is 0 Å². The van der Waals surface area contributed by atoms with Gasteiger partial charge in [0, 0.05) is 22.7 Å². The molecule has 0 bridgehead atoms. The lowest BCUT2D eigenvalue weighted by Crippen LogP contribution is -1.96. The summed E-state index contributed by atoms with van der Waals surface area (Å²) in [6.45, 7) is 4.24. The zero-order valence-electron chi connectivity index (χ0n) is 38.4. The van der Waals surface area contributed by atoms with E-state index in [-0.39, 0.29) is 0 Å². The molecular weight excluding hydrogens is 821 g/mol. The van der Waals surface area contributed by atoms with Crippen LogP contribution in [-0.4, -0.2) is 0 Å². The third-order valence-electron chi connectivity index (χ3n) is 12.4. The van der Waals surface area contributed by atoms with Crippen LogP contribution in [0.15, 0.2) is 255 Å². The Hall–Kier alpha value is -8.72. The van der Waals surface area contributed by atoms with E-state index in [0.717, 1.165) is 67.3 Å². The van der Waals surface area contributed by atoms with Crippen LogP contribution in [0.1, 0.15) is 44.5 Å².